The summed E-state index contributed by atoms with van der Waals surface area (Å²) in [6, 6.07) is 0. The molecule has 0 aromatic carbocycles. The van der Waals surface area contributed by atoms with Crippen LogP contribution >= 0.6 is 0 Å². The molecule has 1 nitrogen and oxygen atoms in total. The lowest BCUT2D eigenvalue weighted by Crippen LogP contribution is -1.87. The molecule has 0 bridgehead atoms. The average molecular weight is 226 g/mol. The van der Waals surface area contributed by atoms with Crippen molar-refractivity contribution in [3.05, 3.63) is 11.8 Å². The third kappa shape index (κ3) is 10.1. The summed E-state index contributed by atoms with van der Waals surface area (Å²) in [5.74, 6) is 0. The van der Waals surface area contributed by atoms with Crippen molar-refractivity contribution >= 4 is 0 Å². The molecule has 0 aliphatic heterocycles. The van der Waals surface area contributed by atoms with Gasteiger partial charge in [-0.2, -0.15) is 0 Å². The fourth-order valence-corrected chi connectivity index (χ4v) is 1.99. The first kappa shape index (κ1) is 15.5. The molecule has 0 radical (unpaired) electrons. The normalized spacial score (nSPS) is 12.0. The molecule has 0 atom stereocenters. The van der Waals surface area contributed by atoms with Crippen LogP contribution < -0.4 is 0 Å². The number of aliphatic hydroxyl groups is 1. The third-order valence-corrected chi connectivity index (χ3v) is 3.14. The molecule has 0 spiro atoms. The van der Waals surface area contributed by atoms with Crippen LogP contribution in [-0.4, -0.2) is 5.11 Å². The average Bonchev–Trinajstić information content (AvgIpc) is 2.31. The van der Waals surface area contributed by atoms with E-state index in [9.17, 15) is 0 Å². The third-order valence-electron chi connectivity index (χ3n) is 3.14. The Labute approximate surface area is 102 Å². The lowest BCUT2D eigenvalue weighted by Gasteiger charge is -2.05. The quantitative estimate of drug-likeness (QED) is 0.351. The van der Waals surface area contributed by atoms with Gasteiger partial charge in [0.2, 0.25) is 0 Å². The van der Waals surface area contributed by atoms with Crippen molar-refractivity contribution in [1.82, 2.24) is 0 Å². The molecule has 0 unspecified atom stereocenters. The van der Waals surface area contributed by atoms with Crippen LogP contribution in [0.15, 0.2) is 11.8 Å². The van der Waals surface area contributed by atoms with Gasteiger partial charge in [-0.05, 0) is 31.3 Å². The fraction of sp³-hybridized carbons (Fsp3) is 0.867. The van der Waals surface area contributed by atoms with Crippen LogP contribution in [0, 0.1) is 0 Å². The second-order valence-electron chi connectivity index (χ2n) is 4.76. The Balaban J connectivity index is 3.34. The van der Waals surface area contributed by atoms with Crippen LogP contribution in [0.3, 0.4) is 0 Å². The molecule has 16 heavy (non-hydrogen) atoms. The van der Waals surface area contributed by atoms with Gasteiger partial charge in [-0.3, -0.25) is 0 Å². The first-order chi connectivity index (χ1) is 7.85. The van der Waals surface area contributed by atoms with Crippen molar-refractivity contribution in [1.29, 1.82) is 0 Å². The highest BCUT2D eigenvalue weighted by atomic mass is 16.2. The SMILES string of the molecule is CCCCCCCCC(=CO)CCCCC. The smallest absolute Gasteiger partial charge is 0.0783 e. The van der Waals surface area contributed by atoms with E-state index < -0.39 is 0 Å². The number of aliphatic hydroxyl groups excluding tert-OH is 1. The lowest BCUT2D eigenvalue weighted by atomic mass is 10.0. The van der Waals surface area contributed by atoms with E-state index in [0.717, 1.165) is 12.8 Å². The zero-order chi connectivity index (χ0) is 12.1. The van der Waals surface area contributed by atoms with Crippen LogP contribution in [0.4, 0.5) is 0 Å². The molecule has 1 heteroatoms. The highest BCUT2D eigenvalue weighted by molar-refractivity contribution is 4.96. The Kier molecular flexibility index (Phi) is 12.2. The molecular formula is C15H30O. The summed E-state index contributed by atoms with van der Waals surface area (Å²) in [5.41, 5.74) is 1.25. The minimum absolute atomic E-state index is 1.10. The number of unbranched alkanes of at least 4 members (excludes halogenated alkanes) is 7. The van der Waals surface area contributed by atoms with Gasteiger partial charge in [0.15, 0.2) is 0 Å². The molecule has 0 aromatic heterocycles. The molecule has 1 N–H and O–H groups in total. The highest BCUT2D eigenvalue weighted by Crippen LogP contribution is 2.16. The zero-order valence-electron chi connectivity index (χ0n) is 11.3. The van der Waals surface area contributed by atoms with Gasteiger partial charge in [0.1, 0.15) is 0 Å². The number of hydrogen-bond donors (Lipinski definition) is 1. The lowest BCUT2D eigenvalue weighted by molar-refractivity contribution is 0.456. The van der Waals surface area contributed by atoms with E-state index >= 15 is 0 Å². The van der Waals surface area contributed by atoms with Gasteiger partial charge in [0, 0.05) is 0 Å². The predicted molar refractivity (Wildman–Crippen MR) is 72.8 cm³/mol. The van der Waals surface area contributed by atoms with E-state index in [2.05, 4.69) is 13.8 Å². The molecule has 0 fully saturated rings. The topological polar surface area (TPSA) is 20.2 Å². The van der Waals surface area contributed by atoms with Crippen molar-refractivity contribution in [2.24, 2.45) is 0 Å². The van der Waals surface area contributed by atoms with E-state index in [1.165, 1.54) is 69.6 Å². The Hall–Kier alpha value is -0.460. The summed E-state index contributed by atoms with van der Waals surface area (Å²) in [6.07, 6.45) is 15.3. The summed E-state index contributed by atoms with van der Waals surface area (Å²) >= 11 is 0. The number of hydrogen-bond acceptors (Lipinski definition) is 1. The maximum Gasteiger partial charge on any atom is 0.0783 e. The second-order valence-corrected chi connectivity index (χ2v) is 4.76. The summed E-state index contributed by atoms with van der Waals surface area (Å²) in [6.45, 7) is 4.47. The molecule has 0 aliphatic carbocycles. The van der Waals surface area contributed by atoms with E-state index in [4.69, 9.17) is 5.11 Å². The van der Waals surface area contributed by atoms with Gasteiger partial charge < -0.3 is 5.11 Å². The Morgan fingerprint density at radius 3 is 1.75 bits per heavy atom. The summed E-state index contributed by atoms with van der Waals surface area (Å²) in [7, 11) is 0. The standard InChI is InChI=1S/C15H30O/c1-3-5-7-8-9-11-13-15(14-16)12-10-6-4-2/h14,16H,3-13H2,1-2H3. The Bertz CT molecular complexity index is 161. The monoisotopic (exact) mass is 226 g/mol. The van der Waals surface area contributed by atoms with Crippen LogP contribution in [0.5, 0.6) is 0 Å². The van der Waals surface area contributed by atoms with Gasteiger partial charge in [-0.1, -0.05) is 58.8 Å². The van der Waals surface area contributed by atoms with E-state index in [0.29, 0.717) is 0 Å². The first-order valence-corrected chi connectivity index (χ1v) is 7.17. The van der Waals surface area contributed by atoms with Gasteiger partial charge in [-0.15, -0.1) is 0 Å². The number of allylic oxidation sites excluding steroid dienone is 1. The van der Waals surface area contributed by atoms with E-state index in [1.807, 2.05) is 0 Å². The van der Waals surface area contributed by atoms with Gasteiger partial charge >= 0.3 is 0 Å². The summed E-state index contributed by atoms with van der Waals surface area (Å²) in [5, 5.41) is 9.10. The van der Waals surface area contributed by atoms with E-state index in [1.54, 1.807) is 0 Å². The van der Waals surface area contributed by atoms with E-state index in [-0.39, 0.29) is 0 Å². The molecular weight excluding hydrogens is 196 g/mol. The fourth-order valence-electron chi connectivity index (χ4n) is 1.99. The minimum atomic E-state index is 1.10. The molecule has 0 rings (SSSR count). The Morgan fingerprint density at radius 1 is 0.750 bits per heavy atom. The van der Waals surface area contributed by atoms with Crippen molar-refractivity contribution in [3.63, 3.8) is 0 Å². The van der Waals surface area contributed by atoms with Crippen molar-refractivity contribution in [2.75, 3.05) is 0 Å². The maximum atomic E-state index is 9.10. The molecule has 0 saturated heterocycles. The summed E-state index contributed by atoms with van der Waals surface area (Å²) in [4.78, 5) is 0. The predicted octanol–water partition coefficient (Wildman–Crippen LogP) is 5.76. The minimum Gasteiger partial charge on any atom is -0.516 e. The molecule has 0 saturated carbocycles. The van der Waals surface area contributed by atoms with Crippen LogP contribution in [0.2, 0.25) is 0 Å². The van der Waals surface area contributed by atoms with Crippen molar-refractivity contribution in [3.8, 4) is 0 Å². The largest absolute Gasteiger partial charge is 0.516 e. The van der Waals surface area contributed by atoms with Gasteiger partial charge in [0.25, 0.3) is 0 Å². The second kappa shape index (κ2) is 12.6. The van der Waals surface area contributed by atoms with Crippen LogP contribution in [0.25, 0.3) is 0 Å². The van der Waals surface area contributed by atoms with Crippen LogP contribution in [-0.2, 0) is 0 Å². The zero-order valence-corrected chi connectivity index (χ0v) is 11.3. The Morgan fingerprint density at radius 2 is 1.19 bits per heavy atom. The van der Waals surface area contributed by atoms with Crippen molar-refractivity contribution in [2.45, 2.75) is 84.5 Å². The molecule has 0 aliphatic rings. The van der Waals surface area contributed by atoms with Gasteiger partial charge in [0.05, 0.1) is 6.26 Å². The van der Waals surface area contributed by atoms with Crippen LogP contribution in [0.1, 0.15) is 84.5 Å². The summed E-state index contributed by atoms with van der Waals surface area (Å²) < 4.78 is 0. The highest BCUT2D eigenvalue weighted by Gasteiger charge is 1.98. The molecule has 0 heterocycles. The maximum absolute atomic E-state index is 9.10. The molecule has 0 aromatic rings. The number of rotatable bonds is 11. The van der Waals surface area contributed by atoms with Crippen molar-refractivity contribution < 1.29 is 5.11 Å². The first-order valence-electron chi connectivity index (χ1n) is 7.17. The van der Waals surface area contributed by atoms with Gasteiger partial charge in [-0.25, -0.2) is 0 Å². The molecule has 0 amide bonds. The molecule has 96 valence electrons.